The number of rotatable bonds is 2. The predicted molar refractivity (Wildman–Crippen MR) is 50.3 cm³/mol. The summed E-state index contributed by atoms with van der Waals surface area (Å²) in [6, 6.07) is 0.235. The minimum absolute atomic E-state index is 0.00579. The number of hydrogen-bond donors (Lipinski definition) is 2. The van der Waals surface area contributed by atoms with E-state index in [1.54, 1.807) is 0 Å². The Hall–Kier alpha value is -0.190. The molecule has 2 N–H and O–H groups in total. The number of quaternary nitrogens is 1. The Labute approximate surface area is 73.3 Å². The first-order valence-electron chi connectivity index (χ1n) is 3.79. The van der Waals surface area contributed by atoms with Crippen LogP contribution in [0.25, 0.3) is 0 Å². The van der Waals surface area contributed by atoms with E-state index in [0.29, 0.717) is 5.11 Å². The Morgan fingerprint density at radius 3 is 2.09 bits per heavy atom. The van der Waals surface area contributed by atoms with Crippen LogP contribution < -0.4 is 10.4 Å². The lowest BCUT2D eigenvalue weighted by molar-refractivity contribution is -0.774. The first kappa shape index (κ1) is 10.8. The predicted octanol–water partition coefficient (Wildman–Crippen LogP) is 0.0604. The van der Waals surface area contributed by atoms with Gasteiger partial charge in [-0.25, -0.2) is 0 Å². The zero-order chi connectivity index (χ0) is 9.02. The quantitative estimate of drug-likeness (QED) is 0.462. The van der Waals surface area contributed by atoms with Gasteiger partial charge in [0.05, 0.1) is 6.04 Å². The molecule has 0 aromatic rings. The summed E-state index contributed by atoms with van der Waals surface area (Å²) < 4.78 is 0. The molecule has 0 saturated heterocycles. The third-order valence-corrected chi connectivity index (χ3v) is 1.49. The van der Waals surface area contributed by atoms with E-state index in [1.165, 1.54) is 0 Å². The number of nitrogens with one attached hydrogen (secondary N) is 2. The van der Waals surface area contributed by atoms with Gasteiger partial charge in [-0.1, -0.05) is 0 Å². The molecule has 0 spiro atoms. The van der Waals surface area contributed by atoms with Crippen molar-refractivity contribution < 1.29 is 5.06 Å². The highest BCUT2D eigenvalue weighted by atomic mass is 32.1. The highest BCUT2D eigenvalue weighted by Crippen LogP contribution is 1.75. The van der Waals surface area contributed by atoms with Crippen molar-refractivity contribution in [1.82, 2.24) is 5.32 Å². The van der Waals surface area contributed by atoms with Gasteiger partial charge >= 0.3 is 0 Å². The summed E-state index contributed by atoms with van der Waals surface area (Å²) in [7, 11) is 0. The Morgan fingerprint density at radius 2 is 1.82 bits per heavy atom. The Morgan fingerprint density at radius 1 is 1.36 bits per heavy atom. The summed E-state index contributed by atoms with van der Waals surface area (Å²) >= 11 is 4.87. The fourth-order valence-corrected chi connectivity index (χ4v) is 1.07. The summed E-state index contributed by atoms with van der Waals surface area (Å²) in [6.45, 7) is 7.60. The molecule has 0 aromatic heterocycles. The van der Waals surface area contributed by atoms with E-state index < -0.39 is 0 Å². The maximum Gasteiger partial charge on any atom is 0.268 e. The molecule has 1 atom stereocenters. The van der Waals surface area contributed by atoms with Crippen LogP contribution in [0.5, 0.6) is 0 Å². The lowest BCUT2D eigenvalue weighted by atomic mass is 10.4. The van der Waals surface area contributed by atoms with Crippen LogP contribution in [0.3, 0.4) is 0 Å². The molecule has 0 bridgehead atoms. The average molecular weight is 176 g/mol. The summed E-state index contributed by atoms with van der Waals surface area (Å²) in [4.78, 5) is 0. The van der Waals surface area contributed by atoms with Gasteiger partial charge in [0.2, 0.25) is 0 Å². The number of hydrogen-bond acceptors (Lipinski definition) is 2. The van der Waals surface area contributed by atoms with Crippen LogP contribution in [0, 0.1) is 5.21 Å². The molecule has 11 heavy (non-hydrogen) atoms. The van der Waals surface area contributed by atoms with Crippen molar-refractivity contribution >= 4 is 17.3 Å². The second kappa shape index (κ2) is 4.64. The molecule has 0 aromatic carbocycles. The van der Waals surface area contributed by atoms with Crippen molar-refractivity contribution in [3.63, 3.8) is 0 Å². The van der Waals surface area contributed by atoms with Crippen molar-refractivity contribution in [3.8, 4) is 0 Å². The molecule has 0 aliphatic carbocycles. The molecule has 0 saturated carbocycles. The fourth-order valence-electron chi connectivity index (χ4n) is 0.596. The van der Waals surface area contributed by atoms with Gasteiger partial charge in [-0.3, -0.25) is 0 Å². The van der Waals surface area contributed by atoms with Crippen molar-refractivity contribution in [3.05, 3.63) is 5.21 Å². The van der Waals surface area contributed by atoms with Crippen LogP contribution in [0.1, 0.15) is 27.7 Å². The van der Waals surface area contributed by atoms with Crippen LogP contribution in [0.15, 0.2) is 0 Å². The van der Waals surface area contributed by atoms with Crippen molar-refractivity contribution in [1.29, 1.82) is 0 Å². The molecule has 4 heteroatoms. The first-order valence-corrected chi connectivity index (χ1v) is 4.20. The van der Waals surface area contributed by atoms with Crippen molar-refractivity contribution in [2.45, 2.75) is 39.8 Å². The normalized spacial score (nSPS) is 13.7. The maximum atomic E-state index is 11.2. The molecular weight excluding hydrogens is 160 g/mol. The fraction of sp³-hybridized carbons (Fsp3) is 0.857. The first-order chi connectivity index (χ1) is 4.95. The van der Waals surface area contributed by atoms with E-state index in [2.05, 4.69) is 5.32 Å². The molecule has 3 nitrogen and oxygen atoms in total. The molecule has 0 amide bonds. The second-order valence-corrected chi connectivity index (χ2v) is 3.56. The second-order valence-electron chi connectivity index (χ2n) is 3.15. The van der Waals surface area contributed by atoms with E-state index in [1.807, 2.05) is 27.7 Å². The number of hydroxylamine groups is 2. The number of thiocarbonyl (C=S) groups is 1. The monoisotopic (exact) mass is 176 g/mol. The topological polar surface area (TPSA) is 39.5 Å². The van der Waals surface area contributed by atoms with Gasteiger partial charge in [-0.15, -0.1) is 0 Å². The van der Waals surface area contributed by atoms with Crippen LogP contribution in [-0.4, -0.2) is 17.2 Å². The largest absolute Gasteiger partial charge is 0.627 e. The van der Waals surface area contributed by atoms with E-state index in [9.17, 15) is 5.21 Å². The molecule has 1 unspecified atom stereocenters. The van der Waals surface area contributed by atoms with Crippen molar-refractivity contribution in [2.24, 2.45) is 0 Å². The van der Waals surface area contributed by atoms with Gasteiger partial charge in [0, 0.05) is 18.3 Å². The molecule has 66 valence electrons. The highest BCUT2D eigenvalue weighted by Gasteiger charge is 2.09. The van der Waals surface area contributed by atoms with Crippen LogP contribution >= 0.6 is 12.2 Å². The van der Waals surface area contributed by atoms with Crippen LogP contribution in [0.4, 0.5) is 0 Å². The Balaban J connectivity index is 3.83. The molecule has 0 heterocycles. The highest BCUT2D eigenvalue weighted by molar-refractivity contribution is 7.79. The SMILES string of the molecule is CC(C)NC(=S)[NH+]([O-])C(C)C. The maximum absolute atomic E-state index is 11.2. The zero-order valence-electron chi connectivity index (χ0n) is 7.47. The van der Waals surface area contributed by atoms with Crippen molar-refractivity contribution in [2.75, 3.05) is 0 Å². The lowest BCUT2D eigenvalue weighted by Crippen LogP contribution is -3.14. The minimum Gasteiger partial charge on any atom is -0.627 e. The van der Waals surface area contributed by atoms with Crippen LogP contribution in [0.2, 0.25) is 0 Å². The van der Waals surface area contributed by atoms with Gasteiger partial charge in [-0.2, -0.15) is 0 Å². The van der Waals surface area contributed by atoms with E-state index in [4.69, 9.17) is 12.2 Å². The smallest absolute Gasteiger partial charge is 0.268 e. The van der Waals surface area contributed by atoms with E-state index in [0.717, 1.165) is 0 Å². The van der Waals surface area contributed by atoms with Gasteiger partial charge in [0.1, 0.15) is 0 Å². The summed E-state index contributed by atoms with van der Waals surface area (Å²) in [6.07, 6.45) is 0. The lowest BCUT2D eigenvalue weighted by Gasteiger charge is -2.27. The average Bonchev–Trinajstić information content (AvgIpc) is 1.84. The summed E-state index contributed by atoms with van der Waals surface area (Å²) in [5.74, 6) is 0. The summed E-state index contributed by atoms with van der Waals surface area (Å²) in [5, 5.41) is 14.5. The summed E-state index contributed by atoms with van der Waals surface area (Å²) in [5.41, 5.74) is 0. The Bertz CT molecular complexity index is 136. The third-order valence-electron chi connectivity index (χ3n) is 1.17. The van der Waals surface area contributed by atoms with E-state index in [-0.39, 0.29) is 17.1 Å². The molecular formula is C7H16N2OS. The van der Waals surface area contributed by atoms with Crippen LogP contribution in [-0.2, 0) is 0 Å². The molecule has 0 radical (unpaired) electrons. The van der Waals surface area contributed by atoms with Gasteiger partial charge in [0.15, 0.2) is 0 Å². The standard InChI is InChI=1S/C7H16N2OS/c1-5(2)8-7(11)9(10)6(3)4/h5-6,9H,1-4H3,(H,8,11). The van der Waals surface area contributed by atoms with Gasteiger partial charge in [0.25, 0.3) is 5.11 Å². The Kier molecular flexibility index (Phi) is 4.56. The molecule has 0 fully saturated rings. The minimum atomic E-state index is -0.00579. The molecule has 0 aliphatic heterocycles. The molecule has 0 aliphatic rings. The van der Waals surface area contributed by atoms with Gasteiger partial charge < -0.3 is 15.6 Å². The zero-order valence-corrected chi connectivity index (χ0v) is 8.29. The van der Waals surface area contributed by atoms with E-state index >= 15 is 0 Å². The third kappa shape index (κ3) is 4.29. The molecule has 0 rings (SSSR count). The van der Waals surface area contributed by atoms with Gasteiger partial charge in [-0.05, 0) is 27.7 Å².